The largest absolute Gasteiger partial charge is 0.481 e. The van der Waals surface area contributed by atoms with Crippen molar-refractivity contribution in [3.63, 3.8) is 0 Å². The summed E-state index contributed by atoms with van der Waals surface area (Å²) in [7, 11) is 0. The smallest absolute Gasteiger partial charge is 0.306 e. The van der Waals surface area contributed by atoms with Crippen LogP contribution in [0, 0.1) is 11.8 Å². The molecule has 1 N–H and O–H groups in total. The maximum absolute atomic E-state index is 10.8. The van der Waals surface area contributed by atoms with Crippen LogP contribution in [0.4, 0.5) is 0 Å². The van der Waals surface area contributed by atoms with Gasteiger partial charge in [0, 0.05) is 24.1 Å². The summed E-state index contributed by atoms with van der Waals surface area (Å²) in [4.78, 5) is 13.1. The summed E-state index contributed by atoms with van der Waals surface area (Å²) in [6.07, 6.45) is 0. The number of carboxylic acids is 1. The molecule has 0 aromatic heterocycles. The van der Waals surface area contributed by atoms with E-state index in [9.17, 15) is 4.79 Å². The van der Waals surface area contributed by atoms with Crippen molar-refractivity contribution in [3.05, 3.63) is 34.3 Å². The molecule has 1 aliphatic rings. The van der Waals surface area contributed by atoms with Crippen LogP contribution in [0.5, 0.6) is 0 Å². The number of carbonyl (C=O) groups is 1. The highest BCUT2D eigenvalue weighted by atomic mass is 79.9. The van der Waals surface area contributed by atoms with E-state index in [-0.39, 0.29) is 5.92 Å². The van der Waals surface area contributed by atoms with E-state index >= 15 is 0 Å². The first-order chi connectivity index (χ1) is 8.08. The molecule has 1 aromatic carbocycles. The van der Waals surface area contributed by atoms with E-state index in [1.54, 1.807) is 6.92 Å². The molecule has 1 heterocycles. The molecule has 0 saturated carbocycles. The Labute approximate surface area is 110 Å². The molecule has 3 nitrogen and oxygen atoms in total. The Morgan fingerprint density at radius 1 is 1.53 bits per heavy atom. The quantitative estimate of drug-likeness (QED) is 0.929. The molecular weight excluding hydrogens is 282 g/mol. The number of aliphatic carboxylic acids is 1. The molecule has 0 bridgehead atoms. The lowest BCUT2D eigenvalue weighted by molar-refractivity contribution is -0.145. The van der Waals surface area contributed by atoms with E-state index in [1.165, 1.54) is 5.56 Å². The molecule has 17 heavy (non-hydrogen) atoms. The van der Waals surface area contributed by atoms with Gasteiger partial charge in [0.25, 0.3) is 0 Å². The summed E-state index contributed by atoms with van der Waals surface area (Å²) >= 11 is 3.52. The van der Waals surface area contributed by atoms with Crippen molar-refractivity contribution in [2.75, 3.05) is 13.1 Å². The second-order valence-corrected chi connectivity index (χ2v) is 5.53. The van der Waals surface area contributed by atoms with Crippen LogP contribution in [0.2, 0.25) is 0 Å². The molecule has 1 saturated heterocycles. The summed E-state index contributed by atoms with van der Waals surface area (Å²) in [5.41, 5.74) is 1.26. The van der Waals surface area contributed by atoms with Gasteiger partial charge in [-0.2, -0.15) is 0 Å². The molecular formula is C13H16BrNO2. The zero-order valence-corrected chi connectivity index (χ0v) is 11.4. The highest BCUT2D eigenvalue weighted by molar-refractivity contribution is 9.10. The topological polar surface area (TPSA) is 40.5 Å². The number of hydrogen-bond donors (Lipinski definition) is 1. The third-order valence-electron chi connectivity index (χ3n) is 3.43. The number of halogens is 1. The molecule has 0 spiro atoms. The second-order valence-electron chi connectivity index (χ2n) is 4.67. The van der Waals surface area contributed by atoms with E-state index in [1.807, 2.05) is 18.2 Å². The first-order valence-corrected chi connectivity index (χ1v) is 6.56. The first kappa shape index (κ1) is 12.6. The SMILES string of the molecule is CC(C(=O)O)C1CN(Cc2ccccc2Br)C1. The lowest BCUT2D eigenvalue weighted by Crippen LogP contribution is -2.50. The molecule has 4 heteroatoms. The number of nitrogens with zero attached hydrogens (tertiary/aromatic N) is 1. The van der Waals surface area contributed by atoms with Crippen LogP contribution >= 0.6 is 15.9 Å². The number of likely N-dealkylation sites (tertiary alicyclic amines) is 1. The van der Waals surface area contributed by atoms with Crippen molar-refractivity contribution in [2.45, 2.75) is 13.5 Å². The van der Waals surface area contributed by atoms with Gasteiger partial charge in [-0.05, 0) is 17.5 Å². The van der Waals surface area contributed by atoms with E-state index < -0.39 is 5.97 Å². The lowest BCUT2D eigenvalue weighted by atomic mass is 9.87. The molecule has 92 valence electrons. The Morgan fingerprint density at radius 3 is 2.76 bits per heavy atom. The van der Waals surface area contributed by atoms with Gasteiger partial charge in [0.05, 0.1) is 5.92 Å². The number of benzene rings is 1. The van der Waals surface area contributed by atoms with Crippen molar-refractivity contribution >= 4 is 21.9 Å². The van der Waals surface area contributed by atoms with Crippen molar-refractivity contribution in [3.8, 4) is 0 Å². The van der Waals surface area contributed by atoms with Crippen molar-refractivity contribution in [1.29, 1.82) is 0 Å². The summed E-state index contributed by atoms with van der Waals surface area (Å²) in [6, 6.07) is 8.15. The maximum Gasteiger partial charge on any atom is 0.306 e. The van der Waals surface area contributed by atoms with E-state index in [0.29, 0.717) is 5.92 Å². The Hall–Kier alpha value is -0.870. The van der Waals surface area contributed by atoms with Crippen LogP contribution in [0.25, 0.3) is 0 Å². The normalized spacial score (nSPS) is 18.7. The zero-order valence-electron chi connectivity index (χ0n) is 9.77. The Morgan fingerprint density at radius 2 is 2.18 bits per heavy atom. The standard InChI is InChI=1S/C13H16BrNO2/c1-9(13(16)17)11-7-15(8-11)6-10-4-2-3-5-12(10)14/h2-5,9,11H,6-8H2,1H3,(H,16,17). The minimum absolute atomic E-state index is 0.231. The molecule has 1 fully saturated rings. The van der Waals surface area contributed by atoms with E-state index in [0.717, 1.165) is 24.1 Å². The van der Waals surface area contributed by atoms with Gasteiger partial charge in [-0.25, -0.2) is 0 Å². The van der Waals surface area contributed by atoms with Crippen LogP contribution in [-0.4, -0.2) is 29.1 Å². The predicted octanol–water partition coefficient (Wildman–Crippen LogP) is 2.60. The van der Waals surface area contributed by atoms with Gasteiger partial charge >= 0.3 is 5.97 Å². The third-order valence-corrected chi connectivity index (χ3v) is 4.21. The number of carboxylic acid groups (broad SMARTS) is 1. The van der Waals surface area contributed by atoms with Crippen LogP contribution < -0.4 is 0 Å². The van der Waals surface area contributed by atoms with Gasteiger partial charge in [-0.1, -0.05) is 41.1 Å². The minimum Gasteiger partial charge on any atom is -0.481 e. The van der Waals surface area contributed by atoms with E-state index in [4.69, 9.17) is 5.11 Å². The molecule has 1 aliphatic heterocycles. The molecule has 0 radical (unpaired) electrons. The van der Waals surface area contributed by atoms with Crippen molar-refractivity contribution in [2.24, 2.45) is 11.8 Å². The third kappa shape index (κ3) is 2.87. The average molecular weight is 298 g/mol. The number of hydrogen-bond acceptors (Lipinski definition) is 2. The maximum atomic E-state index is 10.8. The summed E-state index contributed by atoms with van der Waals surface area (Å²) in [6.45, 7) is 4.45. The fourth-order valence-electron chi connectivity index (χ4n) is 2.12. The molecule has 1 aromatic rings. The average Bonchev–Trinajstić information content (AvgIpc) is 2.24. The Kier molecular flexibility index (Phi) is 3.84. The number of rotatable bonds is 4. The van der Waals surface area contributed by atoms with Crippen molar-refractivity contribution in [1.82, 2.24) is 4.90 Å². The zero-order chi connectivity index (χ0) is 12.4. The van der Waals surface area contributed by atoms with Gasteiger partial charge in [0.15, 0.2) is 0 Å². The van der Waals surface area contributed by atoms with E-state index in [2.05, 4.69) is 26.9 Å². The van der Waals surface area contributed by atoms with Gasteiger partial charge in [-0.15, -0.1) is 0 Å². The highest BCUT2D eigenvalue weighted by Gasteiger charge is 2.34. The Bertz CT molecular complexity index is 416. The minimum atomic E-state index is -0.685. The molecule has 1 unspecified atom stereocenters. The molecule has 1 atom stereocenters. The summed E-state index contributed by atoms with van der Waals surface area (Å²) in [5, 5.41) is 8.91. The second kappa shape index (κ2) is 5.19. The van der Waals surface area contributed by atoms with Gasteiger partial charge in [0.2, 0.25) is 0 Å². The summed E-state index contributed by atoms with van der Waals surface area (Å²) < 4.78 is 1.12. The van der Waals surface area contributed by atoms with Crippen molar-refractivity contribution < 1.29 is 9.90 Å². The lowest BCUT2D eigenvalue weighted by Gasteiger charge is -2.41. The van der Waals surface area contributed by atoms with Gasteiger partial charge in [-0.3, -0.25) is 9.69 Å². The predicted molar refractivity (Wildman–Crippen MR) is 69.7 cm³/mol. The first-order valence-electron chi connectivity index (χ1n) is 5.76. The fourth-order valence-corrected chi connectivity index (χ4v) is 2.53. The van der Waals surface area contributed by atoms with Gasteiger partial charge < -0.3 is 5.11 Å². The molecule has 0 amide bonds. The van der Waals surface area contributed by atoms with Gasteiger partial charge in [0.1, 0.15) is 0 Å². The van der Waals surface area contributed by atoms with Crippen LogP contribution in [0.1, 0.15) is 12.5 Å². The van der Waals surface area contributed by atoms with Crippen LogP contribution in [0.15, 0.2) is 28.7 Å². The fraction of sp³-hybridized carbons (Fsp3) is 0.462. The van der Waals surface area contributed by atoms with Crippen LogP contribution in [-0.2, 0) is 11.3 Å². The molecule has 0 aliphatic carbocycles. The van der Waals surface area contributed by atoms with Crippen LogP contribution in [0.3, 0.4) is 0 Å². The molecule has 2 rings (SSSR count). The monoisotopic (exact) mass is 297 g/mol. The highest BCUT2D eigenvalue weighted by Crippen LogP contribution is 2.27. The Balaban J connectivity index is 1.85. The summed E-state index contributed by atoms with van der Waals surface area (Å²) in [5.74, 6) is -0.615.